The molecule has 17 heavy (non-hydrogen) atoms. The summed E-state index contributed by atoms with van der Waals surface area (Å²) < 4.78 is 6.90. The van der Waals surface area contributed by atoms with E-state index < -0.39 is 0 Å². The maximum atomic E-state index is 5.17. The van der Waals surface area contributed by atoms with Crippen LogP contribution in [0.25, 0.3) is 11.4 Å². The van der Waals surface area contributed by atoms with Gasteiger partial charge in [-0.15, -0.1) is 0 Å². The van der Waals surface area contributed by atoms with Crippen molar-refractivity contribution in [2.45, 2.75) is 13.0 Å². The second kappa shape index (κ2) is 4.46. The molecule has 0 N–H and O–H groups in total. The average Bonchev–Trinajstić information content (AvgIpc) is 3.09. The van der Waals surface area contributed by atoms with Crippen molar-refractivity contribution < 1.29 is 4.52 Å². The monoisotopic (exact) mass is 247 g/mol. The Kier molecular flexibility index (Phi) is 2.66. The zero-order valence-corrected chi connectivity index (χ0v) is 9.67. The lowest BCUT2D eigenvalue weighted by Gasteiger charge is -1.94. The summed E-state index contributed by atoms with van der Waals surface area (Å²) in [5.41, 5.74) is 0.991. The highest BCUT2D eigenvalue weighted by atomic mass is 32.1. The first-order valence-corrected chi connectivity index (χ1v) is 6.03. The Morgan fingerprint density at radius 3 is 3.18 bits per heavy atom. The van der Waals surface area contributed by atoms with Gasteiger partial charge in [0.1, 0.15) is 12.7 Å². The van der Waals surface area contributed by atoms with E-state index in [-0.39, 0.29) is 0 Å². The van der Waals surface area contributed by atoms with E-state index in [1.54, 1.807) is 22.3 Å². The fourth-order valence-electron chi connectivity index (χ4n) is 1.42. The van der Waals surface area contributed by atoms with Crippen molar-refractivity contribution in [3.8, 4) is 11.4 Å². The summed E-state index contributed by atoms with van der Waals surface area (Å²) in [6, 6.07) is 1.97. The first-order valence-electron chi connectivity index (χ1n) is 5.09. The summed E-state index contributed by atoms with van der Waals surface area (Å²) in [5, 5.41) is 11.9. The Morgan fingerprint density at radius 1 is 1.41 bits per heavy atom. The van der Waals surface area contributed by atoms with Crippen LogP contribution in [0.3, 0.4) is 0 Å². The number of aromatic nitrogens is 5. The summed E-state index contributed by atoms with van der Waals surface area (Å²) in [6.07, 6.45) is 3.82. The molecule has 0 aliphatic carbocycles. The molecule has 0 bridgehead atoms. The van der Waals surface area contributed by atoms with Crippen molar-refractivity contribution in [3.05, 3.63) is 35.4 Å². The fourth-order valence-corrected chi connectivity index (χ4v) is 2.06. The molecule has 0 atom stereocenters. The second-order valence-electron chi connectivity index (χ2n) is 3.43. The van der Waals surface area contributed by atoms with Crippen LogP contribution in [-0.4, -0.2) is 24.9 Å². The van der Waals surface area contributed by atoms with Gasteiger partial charge in [0, 0.05) is 17.4 Å². The normalized spacial score (nSPS) is 10.8. The third-order valence-electron chi connectivity index (χ3n) is 2.27. The molecule has 3 rings (SSSR count). The highest BCUT2D eigenvalue weighted by Crippen LogP contribution is 2.18. The molecule has 0 aliphatic heterocycles. The smallest absolute Gasteiger partial charge is 0.228 e. The predicted octanol–water partition coefficient (Wildman–Crippen LogP) is 1.63. The minimum absolute atomic E-state index is 0.613. The Hall–Kier alpha value is -2.02. The summed E-state index contributed by atoms with van der Waals surface area (Å²) in [5.74, 6) is 1.25. The van der Waals surface area contributed by atoms with Crippen LogP contribution in [0.2, 0.25) is 0 Å². The number of thiophene rings is 1. The Labute approximate surface area is 101 Å². The molecular formula is C10H9N5OS. The summed E-state index contributed by atoms with van der Waals surface area (Å²) in [6.45, 7) is 0.686. The Balaban J connectivity index is 1.69. The van der Waals surface area contributed by atoms with Gasteiger partial charge in [0.15, 0.2) is 0 Å². The van der Waals surface area contributed by atoms with E-state index >= 15 is 0 Å². The van der Waals surface area contributed by atoms with Crippen LogP contribution in [-0.2, 0) is 13.0 Å². The molecule has 3 aromatic heterocycles. The van der Waals surface area contributed by atoms with Crippen LogP contribution in [0.5, 0.6) is 0 Å². The molecule has 0 fully saturated rings. The molecule has 6 nitrogen and oxygen atoms in total. The highest BCUT2D eigenvalue weighted by molar-refractivity contribution is 7.08. The lowest BCUT2D eigenvalue weighted by Crippen LogP contribution is -2.01. The molecule has 0 radical (unpaired) electrons. The molecule has 0 unspecified atom stereocenters. The van der Waals surface area contributed by atoms with Crippen LogP contribution in [0.1, 0.15) is 5.89 Å². The minimum atomic E-state index is 0.613. The van der Waals surface area contributed by atoms with Crippen molar-refractivity contribution >= 4 is 11.3 Å². The predicted molar refractivity (Wildman–Crippen MR) is 61.3 cm³/mol. The molecule has 3 heterocycles. The van der Waals surface area contributed by atoms with Gasteiger partial charge < -0.3 is 4.52 Å². The number of rotatable bonds is 4. The molecular weight excluding hydrogens is 238 g/mol. The molecule has 0 saturated carbocycles. The maximum absolute atomic E-state index is 5.17. The standard InChI is InChI=1S/C10H9N5OS/c1(3-15-7-11-6-12-15)9-13-10(14-16-9)8-2-4-17-5-8/h2,4-7H,1,3H2. The largest absolute Gasteiger partial charge is 0.339 e. The van der Waals surface area contributed by atoms with Gasteiger partial charge in [-0.3, -0.25) is 4.68 Å². The Bertz CT molecular complexity index is 572. The fraction of sp³-hybridized carbons (Fsp3) is 0.200. The van der Waals surface area contributed by atoms with Crippen LogP contribution < -0.4 is 0 Å². The number of hydrogen-bond donors (Lipinski definition) is 0. The van der Waals surface area contributed by atoms with Crippen molar-refractivity contribution in [2.24, 2.45) is 0 Å². The van der Waals surface area contributed by atoms with Gasteiger partial charge >= 0.3 is 0 Å². The average molecular weight is 247 g/mol. The van der Waals surface area contributed by atoms with Crippen molar-refractivity contribution in [2.75, 3.05) is 0 Å². The van der Waals surface area contributed by atoms with Gasteiger partial charge in [-0.1, -0.05) is 5.16 Å². The van der Waals surface area contributed by atoms with E-state index in [4.69, 9.17) is 4.52 Å². The SMILES string of the molecule is c1ncn(CCc2nc(-c3ccsc3)no2)n1. The third kappa shape index (κ3) is 2.23. The van der Waals surface area contributed by atoms with Gasteiger partial charge in [0.25, 0.3) is 0 Å². The molecule has 7 heteroatoms. The van der Waals surface area contributed by atoms with Crippen LogP contribution >= 0.6 is 11.3 Å². The van der Waals surface area contributed by atoms with E-state index in [1.807, 2.05) is 16.8 Å². The molecule has 0 spiro atoms. The summed E-state index contributed by atoms with van der Waals surface area (Å²) in [4.78, 5) is 8.19. The molecule has 0 aromatic carbocycles. The van der Waals surface area contributed by atoms with E-state index in [9.17, 15) is 0 Å². The summed E-state index contributed by atoms with van der Waals surface area (Å²) >= 11 is 1.61. The first-order chi connectivity index (χ1) is 8.42. The topological polar surface area (TPSA) is 69.6 Å². The van der Waals surface area contributed by atoms with Crippen molar-refractivity contribution in [1.29, 1.82) is 0 Å². The van der Waals surface area contributed by atoms with Crippen LogP contribution in [0.4, 0.5) is 0 Å². The van der Waals surface area contributed by atoms with E-state index in [1.165, 1.54) is 6.33 Å². The number of nitrogens with zero attached hydrogens (tertiary/aromatic N) is 5. The van der Waals surface area contributed by atoms with Gasteiger partial charge in [-0.2, -0.15) is 21.4 Å². The highest BCUT2D eigenvalue weighted by Gasteiger charge is 2.08. The van der Waals surface area contributed by atoms with E-state index in [0.29, 0.717) is 24.7 Å². The van der Waals surface area contributed by atoms with Gasteiger partial charge in [0.05, 0.1) is 6.54 Å². The molecule has 0 saturated heterocycles. The lowest BCUT2D eigenvalue weighted by atomic mass is 10.3. The maximum Gasteiger partial charge on any atom is 0.228 e. The van der Waals surface area contributed by atoms with Gasteiger partial charge in [-0.05, 0) is 11.4 Å². The zero-order chi connectivity index (χ0) is 11.5. The molecule has 0 aliphatic rings. The lowest BCUT2D eigenvalue weighted by molar-refractivity contribution is 0.369. The minimum Gasteiger partial charge on any atom is -0.339 e. The first kappa shape index (κ1) is 10.2. The molecule has 3 aromatic rings. The van der Waals surface area contributed by atoms with E-state index in [0.717, 1.165) is 5.56 Å². The zero-order valence-electron chi connectivity index (χ0n) is 8.85. The van der Waals surface area contributed by atoms with Crippen LogP contribution in [0.15, 0.2) is 34.0 Å². The molecule has 86 valence electrons. The third-order valence-corrected chi connectivity index (χ3v) is 2.95. The van der Waals surface area contributed by atoms with Crippen molar-refractivity contribution in [3.63, 3.8) is 0 Å². The quantitative estimate of drug-likeness (QED) is 0.700. The van der Waals surface area contributed by atoms with E-state index in [2.05, 4.69) is 20.2 Å². The van der Waals surface area contributed by atoms with Gasteiger partial charge in [-0.25, -0.2) is 4.98 Å². The number of hydrogen-bond acceptors (Lipinski definition) is 6. The molecule has 0 amide bonds. The Morgan fingerprint density at radius 2 is 2.41 bits per heavy atom. The van der Waals surface area contributed by atoms with Gasteiger partial charge in [0.2, 0.25) is 11.7 Å². The van der Waals surface area contributed by atoms with Crippen LogP contribution in [0, 0.1) is 0 Å². The summed E-state index contributed by atoms with van der Waals surface area (Å²) in [7, 11) is 0. The number of aryl methyl sites for hydroxylation is 2. The second-order valence-corrected chi connectivity index (χ2v) is 4.21. The van der Waals surface area contributed by atoms with Crippen molar-refractivity contribution in [1.82, 2.24) is 24.9 Å².